The normalized spacial score (nSPS) is 12.1. The molecule has 3 aromatic carbocycles. The summed E-state index contributed by atoms with van der Waals surface area (Å²) in [5.74, 6) is 1.31. The molecule has 0 spiro atoms. The lowest BCUT2D eigenvalue weighted by Gasteiger charge is -2.13. The molecule has 0 N–H and O–H groups in total. The Morgan fingerprint density at radius 3 is 2.59 bits per heavy atom. The van der Waals surface area contributed by atoms with Crippen molar-refractivity contribution < 1.29 is 9.47 Å². The van der Waals surface area contributed by atoms with Crippen molar-refractivity contribution in [3.05, 3.63) is 93.7 Å². The van der Waals surface area contributed by atoms with E-state index in [1.165, 1.54) is 16.9 Å². The van der Waals surface area contributed by atoms with Gasteiger partial charge in [0.1, 0.15) is 6.61 Å². The number of methoxy groups -OCH3 is 1. The van der Waals surface area contributed by atoms with E-state index in [1.807, 2.05) is 61.5 Å². The lowest BCUT2D eigenvalue weighted by molar-refractivity contribution is 0.282. The molecule has 5 nitrogen and oxygen atoms in total. The molecule has 0 fully saturated rings. The van der Waals surface area contributed by atoms with Crippen LogP contribution in [0.25, 0.3) is 22.1 Å². The maximum absolute atomic E-state index is 13.2. The van der Waals surface area contributed by atoms with E-state index in [1.54, 1.807) is 11.5 Å². The minimum absolute atomic E-state index is 0.0599. The lowest BCUT2D eigenvalue weighted by atomic mass is 10.1. The first-order valence-electron chi connectivity index (χ1n) is 10.5. The van der Waals surface area contributed by atoms with E-state index in [0.29, 0.717) is 27.6 Å². The van der Waals surface area contributed by atoms with E-state index in [9.17, 15) is 4.79 Å². The summed E-state index contributed by atoms with van der Waals surface area (Å²) in [5, 5.41) is 0. The first-order chi connectivity index (χ1) is 16.3. The standard InChI is InChI=1S/C26H20BrIN2O3S/c1-14-8-20-21(9-15(14)2)30-25(31)23(34-26(30)29-20)12-17-10-19(28)24(22(11-17)32-3)33-13-16-4-6-18(27)7-5-16/h4-12H,13H2,1-3H3/b23-12-. The molecule has 0 saturated heterocycles. The molecule has 5 rings (SSSR count). The Bertz CT molecular complexity index is 1660. The summed E-state index contributed by atoms with van der Waals surface area (Å²) in [6.07, 6.45) is 1.89. The van der Waals surface area contributed by atoms with Crippen LogP contribution in [0.2, 0.25) is 0 Å². The van der Waals surface area contributed by atoms with Crippen molar-refractivity contribution in [3.63, 3.8) is 0 Å². The Morgan fingerprint density at radius 2 is 1.85 bits per heavy atom. The van der Waals surface area contributed by atoms with E-state index < -0.39 is 0 Å². The minimum Gasteiger partial charge on any atom is -0.493 e. The Balaban J connectivity index is 1.52. The molecule has 0 aliphatic rings. The van der Waals surface area contributed by atoms with Crippen molar-refractivity contribution in [1.29, 1.82) is 0 Å². The van der Waals surface area contributed by atoms with E-state index >= 15 is 0 Å². The van der Waals surface area contributed by atoms with Gasteiger partial charge in [0, 0.05) is 4.47 Å². The molecule has 8 heteroatoms. The van der Waals surface area contributed by atoms with Gasteiger partial charge in [0.05, 0.1) is 26.2 Å². The summed E-state index contributed by atoms with van der Waals surface area (Å²) in [6.45, 7) is 4.54. The Morgan fingerprint density at radius 1 is 1.12 bits per heavy atom. The van der Waals surface area contributed by atoms with Crippen LogP contribution < -0.4 is 19.6 Å². The van der Waals surface area contributed by atoms with Gasteiger partial charge < -0.3 is 9.47 Å². The molecule has 0 radical (unpaired) electrons. The Kier molecular flexibility index (Phi) is 6.39. The summed E-state index contributed by atoms with van der Waals surface area (Å²) in [7, 11) is 1.62. The van der Waals surface area contributed by atoms with Crippen molar-refractivity contribution in [2.45, 2.75) is 20.5 Å². The fourth-order valence-corrected chi connectivity index (χ4v) is 5.80. The number of nitrogens with zero attached hydrogens (tertiary/aromatic N) is 2. The summed E-state index contributed by atoms with van der Waals surface area (Å²) < 4.78 is 16.0. The van der Waals surface area contributed by atoms with Crippen LogP contribution in [-0.2, 0) is 6.61 Å². The molecule has 0 amide bonds. The van der Waals surface area contributed by atoms with E-state index in [0.717, 1.165) is 35.8 Å². The molecule has 0 aliphatic heterocycles. The molecule has 0 saturated carbocycles. The first kappa shape index (κ1) is 23.3. The average Bonchev–Trinajstić information content (AvgIpc) is 3.29. The van der Waals surface area contributed by atoms with Crippen LogP contribution in [0.15, 0.2) is 57.8 Å². The van der Waals surface area contributed by atoms with Crippen molar-refractivity contribution >= 4 is 71.9 Å². The number of rotatable bonds is 5. The van der Waals surface area contributed by atoms with Gasteiger partial charge in [-0.1, -0.05) is 39.4 Å². The van der Waals surface area contributed by atoms with Gasteiger partial charge in [-0.3, -0.25) is 4.79 Å². The molecule has 0 bridgehead atoms. The number of hydrogen-bond acceptors (Lipinski definition) is 5. The second kappa shape index (κ2) is 9.31. The highest BCUT2D eigenvalue weighted by Crippen LogP contribution is 2.35. The maximum atomic E-state index is 13.2. The SMILES string of the molecule is COc1cc(/C=c2\sc3nc4cc(C)c(C)cc4n3c2=O)cc(I)c1OCc1ccc(Br)cc1. The van der Waals surface area contributed by atoms with Crippen molar-refractivity contribution in [1.82, 2.24) is 9.38 Å². The summed E-state index contributed by atoms with van der Waals surface area (Å²) in [6, 6.07) is 16.0. The third-order valence-electron chi connectivity index (χ3n) is 5.70. The number of benzene rings is 3. The summed E-state index contributed by atoms with van der Waals surface area (Å²) >= 11 is 7.08. The Hall–Kier alpha value is -2.43. The van der Waals surface area contributed by atoms with Crippen molar-refractivity contribution in [3.8, 4) is 11.5 Å². The first-order valence-corrected chi connectivity index (χ1v) is 13.2. The largest absolute Gasteiger partial charge is 0.493 e. The van der Waals surface area contributed by atoms with Crippen molar-refractivity contribution in [2.75, 3.05) is 7.11 Å². The number of fused-ring (bicyclic) bond motifs is 3. The van der Waals surface area contributed by atoms with Gasteiger partial charge in [-0.25, -0.2) is 9.38 Å². The monoisotopic (exact) mass is 646 g/mol. The molecular formula is C26H20BrIN2O3S. The molecule has 2 heterocycles. The maximum Gasteiger partial charge on any atom is 0.274 e. The highest BCUT2D eigenvalue weighted by Gasteiger charge is 2.14. The molecule has 172 valence electrons. The van der Waals surface area contributed by atoms with Crippen LogP contribution in [0.1, 0.15) is 22.3 Å². The zero-order valence-corrected chi connectivity index (χ0v) is 23.2. The Labute approximate surface area is 222 Å². The average molecular weight is 647 g/mol. The molecule has 2 aromatic heterocycles. The fraction of sp³-hybridized carbons (Fsp3) is 0.154. The van der Waals surface area contributed by atoms with Crippen LogP contribution in [0.3, 0.4) is 0 Å². The van der Waals surface area contributed by atoms with Crippen LogP contribution in [0, 0.1) is 17.4 Å². The van der Waals surface area contributed by atoms with Gasteiger partial charge in [-0.2, -0.15) is 0 Å². The molecule has 34 heavy (non-hydrogen) atoms. The lowest BCUT2D eigenvalue weighted by Crippen LogP contribution is -2.22. The van der Waals surface area contributed by atoms with Crippen LogP contribution in [-0.4, -0.2) is 16.5 Å². The summed E-state index contributed by atoms with van der Waals surface area (Å²) in [5.41, 5.74) is 5.88. The fourth-order valence-electron chi connectivity index (χ4n) is 3.77. The third kappa shape index (κ3) is 4.34. The minimum atomic E-state index is -0.0599. The number of aryl methyl sites for hydroxylation is 2. The predicted molar refractivity (Wildman–Crippen MR) is 149 cm³/mol. The second-order valence-corrected chi connectivity index (χ2v) is 11.1. The quantitative estimate of drug-likeness (QED) is 0.219. The van der Waals surface area contributed by atoms with E-state index in [4.69, 9.17) is 9.47 Å². The van der Waals surface area contributed by atoms with E-state index in [-0.39, 0.29) is 5.56 Å². The number of hydrogen-bond donors (Lipinski definition) is 0. The number of halogens is 2. The molecule has 0 unspecified atom stereocenters. The van der Waals surface area contributed by atoms with Crippen molar-refractivity contribution in [2.24, 2.45) is 0 Å². The zero-order valence-electron chi connectivity index (χ0n) is 18.7. The second-order valence-electron chi connectivity index (χ2n) is 8.02. The molecule has 0 atom stereocenters. The topological polar surface area (TPSA) is 52.8 Å². The molecule has 5 aromatic rings. The van der Waals surface area contributed by atoms with Gasteiger partial charge in [0.15, 0.2) is 16.5 Å². The third-order valence-corrected chi connectivity index (χ3v) is 8.00. The van der Waals surface area contributed by atoms with Gasteiger partial charge in [0.25, 0.3) is 5.56 Å². The van der Waals surface area contributed by atoms with Gasteiger partial charge in [-0.05, 0) is 101 Å². The van der Waals surface area contributed by atoms with Gasteiger partial charge >= 0.3 is 0 Å². The van der Waals surface area contributed by atoms with Crippen LogP contribution in [0.4, 0.5) is 0 Å². The summed E-state index contributed by atoms with van der Waals surface area (Å²) in [4.78, 5) is 18.6. The van der Waals surface area contributed by atoms with E-state index in [2.05, 4.69) is 50.4 Å². The highest BCUT2D eigenvalue weighted by molar-refractivity contribution is 14.1. The number of imidazole rings is 1. The smallest absolute Gasteiger partial charge is 0.274 e. The van der Waals surface area contributed by atoms with Crippen LogP contribution >= 0.6 is 49.9 Å². The predicted octanol–water partition coefficient (Wildman–Crippen LogP) is 6.03. The highest BCUT2D eigenvalue weighted by atomic mass is 127. The number of aromatic nitrogens is 2. The molecule has 0 aliphatic carbocycles. The number of ether oxygens (including phenoxy) is 2. The van der Waals surface area contributed by atoms with Crippen LogP contribution in [0.5, 0.6) is 11.5 Å². The van der Waals surface area contributed by atoms with Gasteiger partial charge in [0.2, 0.25) is 0 Å². The zero-order chi connectivity index (χ0) is 24.0. The number of thiazole rings is 1. The van der Waals surface area contributed by atoms with Gasteiger partial charge in [-0.15, -0.1) is 0 Å². The molecular weight excluding hydrogens is 627 g/mol.